The van der Waals surface area contributed by atoms with Crippen molar-refractivity contribution < 1.29 is 13.2 Å². The van der Waals surface area contributed by atoms with Crippen molar-refractivity contribution in [1.29, 1.82) is 0 Å². The van der Waals surface area contributed by atoms with E-state index < -0.39 is 12.0 Å². The number of hydrogen-bond donors (Lipinski definition) is 2. The highest BCUT2D eigenvalue weighted by atomic mass is 32.1. The summed E-state index contributed by atoms with van der Waals surface area (Å²) in [5.41, 5.74) is 5.95. The van der Waals surface area contributed by atoms with Gasteiger partial charge in [0.2, 0.25) is 11.0 Å². The summed E-state index contributed by atoms with van der Waals surface area (Å²) in [6, 6.07) is -0.136. The maximum absolute atomic E-state index is 12.3. The van der Waals surface area contributed by atoms with Crippen LogP contribution in [0.1, 0.15) is 33.0 Å². The van der Waals surface area contributed by atoms with Gasteiger partial charge in [-0.15, -0.1) is 0 Å². The smallest absolute Gasteiger partial charge is 0.359 e. The Morgan fingerprint density at radius 3 is 2.39 bits per heavy atom. The monoisotopic (exact) mass is 282 g/mol. The van der Waals surface area contributed by atoms with Crippen molar-refractivity contribution in [2.75, 3.05) is 11.9 Å². The fourth-order valence-electron chi connectivity index (χ4n) is 1.49. The second kappa shape index (κ2) is 5.40. The molecule has 0 fully saturated rings. The van der Waals surface area contributed by atoms with Crippen molar-refractivity contribution in [2.45, 2.75) is 39.4 Å². The standard InChI is InChI=1S/C10H17F3N4S/c1-9(2,3)4-6(14)5-15-8-16-7(17-18-8)10(11,12)13/h6H,4-5,14H2,1-3H3,(H,15,16,17). The number of nitrogens with one attached hydrogen (secondary N) is 1. The topological polar surface area (TPSA) is 63.8 Å². The summed E-state index contributed by atoms with van der Waals surface area (Å²) in [4.78, 5) is 3.37. The molecule has 1 aromatic heterocycles. The average Bonchev–Trinajstić information content (AvgIpc) is 2.59. The number of anilines is 1. The van der Waals surface area contributed by atoms with Crippen LogP contribution in [0, 0.1) is 5.41 Å². The first-order valence-corrected chi connectivity index (χ1v) is 6.25. The van der Waals surface area contributed by atoms with Crippen molar-refractivity contribution in [3.05, 3.63) is 5.82 Å². The maximum atomic E-state index is 12.3. The number of alkyl halides is 3. The van der Waals surface area contributed by atoms with Gasteiger partial charge in [0.1, 0.15) is 0 Å². The normalized spacial score (nSPS) is 14.6. The minimum absolute atomic E-state index is 0.0827. The lowest BCUT2D eigenvalue weighted by molar-refractivity contribution is -0.144. The van der Waals surface area contributed by atoms with E-state index in [1.165, 1.54) is 0 Å². The summed E-state index contributed by atoms with van der Waals surface area (Å²) >= 11 is 0.689. The summed E-state index contributed by atoms with van der Waals surface area (Å²) in [6.07, 6.45) is -3.73. The second-order valence-corrected chi connectivity index (χ2v) is 6.08. The number of nitrogens with zero attached hydrogens (tertiary/aromatic N) is 2. The Labute approximate surface area is 108 Å². The molecule has 8 heteroatoms. The van der Waals surface area contributed by atoms with E-state index in [4.69, 9.17) is 5.73 Å². The van der Waals surface area contributed by atoms with E-state index in [2.05, 4.69) is 35.4 Å². The van der Waals surface area contributed by atoms with Gasteiger partial charge in [0, 0.05) is 24.1 Å². The fraction of sp³-hybridized carbons (Fsp3) is 0.800. The molecule has 0 aliphatic rings. The van der Waals surface area contributed by atoms with E-state index in [-0.39, 0.29) is 16.6 Å². The third kappa shape index (κ3) is 5.18. The van der Waals surface area contributed by atoms with Gasteiger partial charge in [0.25, 0.3) is 0 Å². The summed E-state index contributed by atoms with van der Waals surface area (Å²) in [5, 5.41) is 2.92. The van der Waals surface area contributed by atoms with Gasteiger partial charge in [0.05, 0.1) is 0 Å². The molecule has 1 atom stereocenters. The number of nitrogens with two attached hydrogens (primary N) is 1. The van der Waals surface area contributed by atoms with Gasteiger partial charge in [-0.2, -0.15) is 22.5 Å². The summed E-state index contributed by atoms with van der Waals surface area (Å²) in [6.45, 7) is 6.54. The minimum atomic E-state index is -4.50. The molecule has 1 unspecified atom stereocenters. The van der Waals surface area contributed by atoms with Crippen molar-refractivity contribution >= 4 is 16.7 Å². The Bertz CT molecular complexity index is 383. The largest absolute Gasteiger partial charge is 0.452 e. The Morgan fingerprint density at radius 1 is 1.33 bits per heavy atom. The molecular formula is C10H17F3N4S. The molecule has 0 bridgehead atoms. The summed E-state index contributed by atoms with van der Waals surface area (Å²) < 4.78 is 40.0. The van der Waals surface area contributed by atoms with Crippen LogP contribution in [0.15, 0.2) is 0 Å². The quantitative estimate of drug-likeness (QED) is 0.891. The predicted octanol–water partition coefficient (Wildman–Crippen LogP) is 2.73. The Kier molecular flexibility index (Phi) is 4.55. The first-order chi connectivity index (χ1) is 8.08. The molecule has 1 aromatic rings. The zero-order valence-electron chi connectivity index (χ0n) is 10.5. The van der Waals surface area contributed by atoms with Gasteiger partial charge >= 0.3 is 6.18 Å². The zero-order valence-corrected chi connectivity index (χ0v) is 11.3. The second-order valence-electron chi connectivity index (χ2n) is 5.33. The maximum Gasteiger partial charge on any atom is 0.452 e. The molecule has 3 N–H and O–H groups in total. The van der Waals surface area contributed by atoms with Crippen LogP contribution in [-0.4, -0.2) is 21.9 Å². The van der Waals surface area contributed by atoms with E-state index in [1.54, 1.807) is 0 Å². The van der Waals surface area contributed by atoms with Gasteiger partial charge in [0.15, 0.2) is 0 Å². The van der Waals surface area contributed by atoms with Crippen LogP contribution < -0.4 is 11.1 Å². The molecule has 0 aliphatic carbocycles. The van der Waals surface area contributed by atoms with Crippen LogP contribution in [0.3, 0.4) is 0 Å². The first-order valence-electron chi connectivity index (χ1n) is 5.48. The highest BCUT2D eigenvalue weighted by molar-refractivity contribution is 7.09. The molecule has 0 spiro atoms. The minimum Gasteiger partial charge on any atom is -0.359 e. The molecule has 0 aromatic carbocycles. The third-order valence-electron chi connectivity index (χ3n) is 2.07. The van der Waals surface area contributed by atoms with Crippen LogP contribution in [0.4, 0.5) is 18.3 Å². The van der Waals surface area contributed by atoms with Crippen LogP contribution in [-0.2, 0) is 6.18 Å². The first kappa shape index (κ1) is 15.2. The lowest BCUT2D eigenvalue weighted by atomic mass is 9.88. The molecule has 18 heavy (non-hydrogen) atoms. The summed E-state index contributed by atoms with van der Waals surface area (Å²) in [7, 11) is 0. The third-order valence-corrected chi connectivity index (χ3v) is 2.74. The molecule has 1 heterocycles. The van der Waals surface area contributed by atoms with E-state index >= 15 is 0 Å². The molecule has 0 amide bonds. The van der Waals surface area contributed by atoms with Gasteiger partial charge < -0.3 is 11.1 Å². The lowest BCUT2D eigenvalue weighted by Crippen LogP contribution is -2.33. The van der Waals surface area contributed by atoms with Crippen LogP contribution in [0.25, 0.3) is 0 Å². The van der Waals surface area contributed by atoms with Crippen molar-refractivity contribution in [2.24, 2.45) is 11.1 Å². The van der Waals surface area contributed by atoms with E-state index in [0.717, 1.165) is 6.42 Å². The van der Waals surface area contributed by atoms with Gasteiger partial charge in [-0.3, -0.25) is 0 Å². The van der Waals surface area contributed by atoms with Crippen molar-refractivity contribution in [3.63, 3.8) is 0 Å². The SMILES string of the molecule is CC(C)(C)CC(N)CNc1nc(C(F)(F)F)ns1. The summed E-state index contributed by atoms with van der Waals surface area (Å²) in [5.74, 6) is -1.11. The van der Waals surface area contributed by atoms with Crippen LogP contribution in [0.5, 0.6) is 0 Å². The highest BCUT2D eigenvalue weighted by Crippen LogP contribution is 2.29. The van der Waals surface area contributed by atoms with E-state index in [1.807, 2.05) is 0 Å². The van der Waals surface area contributed by atoms with E-state index in [9.17, 15) is 13.2 Å². The molecule has 0 aliphatic heterocycles. The zero-order chi connectivity index (χ0) is 14.0. The van der Waals surface area contributed by atoms with Gasteiger partial charge in [-0.1, -0.05) is 20.8 Å². The molecular weight excluding hydrogens is 265 g/mol. The Morgan fingerprint density at radius 2 is 1.94 bits per heavy atom. The number of aromatic nitrogens is 2. The van der Waals surface area contributed by atoms with Gasteiger partial charge in [-0.05, 0) is 11.8 Å². The number of hydrogen-bond acceptors (Lipinski definition) is 5. The average molecular weight is 282 g/mol. The van der Waals surface area contributed by atoms with Gasteiger partial charge in [-0.25, -0.2) is 0 Å². The fourth-order valence-corrected chi connectivity index (χ4v) is 2.08. The molecule has 104 valence electrons. The number of rotatable bonds is 4. The van der Waals surface area contributed by atoms with Crippen LogP contribution in [0.2, 0.25) is 0 Å². The van der Waals surface area contributed by atoms with Crippen LogP contribution >= 0.6 is 11.5 Å². The Balaban J connectivity index is 2.47. The van der Waals surface area contributed by atoms with Crippen molar-refractivity contribution in [1.82, 2.24) is 9.36 Å². The van der Waals surface area contributed by atoms with E-state index in [0.29, 0.717) is 18.1 Å². The molecule has 0 saturated heterocycles. The molecule has 1 rings (SSSR count). The lowest BCUT2D eigenvalue weighted by Gasteiger charge is -2.23. The highest BCUT2D eigenvalue weighted by Gasteiger charge is 2.36. The van der Waals surface area contributed by atoms with Crippen molar-refractivity contribution in [3.8, 4) is 0 Å². The number of halogens is 3. The molecule has 0 radical (unpaired) electrons. The molecule has 0 saturated carbocycles. The molecule has 4 nitrogen and oxygen atoms in total. The predicted molar refractivity (Wildman–Crippen MR) is 65.4 cm³/mol. The Hall–Kier alpha value is -0.890.